The molecule has 0 spiro atoms. The van der Waals surface area contributed by atoms with Gasteiger partial charge in [-0.2, -0.15) is 0 Å². The molecule has 0 aromatic heterocycles. The average molecular weight is 481 g/mol. The number of amides is 2. The fourth-order valence-corrected chi connectivity index (χ4v) is 5.14. The normalized spacial score (nSPS) is 25.0. The number of carboxylic acids is 1. The summed E-state index contributed by atoms with van der Waals surface area (Å²) >= 11 is 0. The van der Waals surface area contributed by atoms with Gasteiger partial charge < -0.3 is 30.0 Å². The van der Waals surface area contributed by atoms with E-state index in [1.807, 2.05) is 24.3 Å². The molecule has 2 unspecified atom stereocenters. The largest absolute Gasteiger partial charge is 0.479 e. The second kappa shape index (κ2) is 10.1. The Morgan fingerprint density at radius 1 is 0.971 bits per heavy atom. The van der Waals surface area contributed by atoms with Gasteiger partial charge in [-0.05, 0) is 41.5 Å². The third-order valence-electron chi connectivity index (χ3n) is 6.88. The highest BCUT2D eigenvalue weighted by Gasteiger charge is 2.37. The smallest absolute Gasteiger partial charge is 0.407 e. The number of hydrogen-bond acceptors (Lipinski definition) is 6. The van der Waals surface area contributed by atoms with Crippen LogP contribution < -0.4 is 10.6 Å². The first-order valence-corrected chi connectivity index (χ1v) is 11.9. The van der Waals surface area contributed by atoms with E-state index >= 15 is 0 Å². The standard InChI is InChI=1S/C26H28N2O7/c29-24(27-13-15-9-10-22(35-15)25(30)31)23-21(11-12-33-23)28-26(32)34-14-20-18-7-3-1-5-16(18)17-6-2-4-8-19(17)20/h1-8,15,20-23H,9-14H2,(H,27,29)(H,28,32)(H,30,31)/t15?,21-,22?,23+/m1/s1. The number of carboxylic acid groups (broad SMARTS) is 1. The summed E-state index contributed by atoms with van der Waals surface area (Å²) in [4.78, 5) is 36.3. The van der Waals surface area contributed by atoms with E-state index in [0.29, 0.717) is 25.9 Å². The lowest BCUT2D eigenvalue weighted by molar-refractivity contribution is -0.149. The van der Waals surface area contributed by atoms with Gasteiger partial charge in [-0.15, -0.1) is 0 Å². The van der Waals surface area contributed by atoms with E-state index in [-0.39, 0.29) is 31.1 Å². The lowest BCUT2D eigenvalue weighted by Gasteiger charge is -2.21. The highest BCUT2D eigenvalue weighted by atomic mass is 16.6. The molecule has 3 aliphatic rings. The number of carbonyl (C=O) groups excluding carboxylic acids is 2. The Labute approximate surface area is 202 Å². The highest BCUT2D eigenvalue weighted by Crippen LogP contribution is 2.44. The molecule has 9 nitrogen and oxygen atoms in total. The van der Waals surface area contributed by atoms with E-state index in [1.165, 1.54) is 0 Å². The number of aliphatic carboxylic acids is 1. The van der Waals surface area contributed by atoms with Gasteiger partial charge in [0.05, 0.1) is 12.1 Å². The number of ether oxygens (including phenoxy) is 3. The first kappa shape index (κ1) is 23.3. The number of fused-ring (bicyclic) bond motifs is 3. The number of nitrogens with one attached hydrogen (secondary N) is 2. The number of benzene rings is 2. The number of alkyl carbamates (subject to hydrolysis) is 1. The van der Waals surface area contributed by atoms with Crippen LogP contribution in [0.25, 0.3) is 11.1 Å². The molecule has 2 fully saturated rings. The van der Waals surface area contributed by atoms with E-state index in [2.05, 4.69) is 34.9 Å². The summed E-state index contributed by atoms with van der Waals surface area (Å²) in [5.74, 6) is -1.41. The third-order valence-corrected chi connectivity index (χ3v) is 6.88. The molecule has 2 heterocycles. The summed E-state index contributed by atoms with van der Waals surface area (Å²) in [6.07, 6.45) is -1.15. The van der Waals surface area contributed by atoms with Crippen LogP contribution in [0.4, 0.5) is 4.79 Å². The minimum Gasteiger partial charge on any atom is -0.479 e. The summed E-state index contributed by atoms with van der Waals surface area (Å²) in [7, 11) is 0. The van der Waals surface area contributed by atoms with Crippen molar-refractivity contribution in [3.05, 3.63) is 59.7 Å². The van der Waals surface area contributed by atoms with Gasteiger partial charge in [0.15, 0.2) is 12.2 Å². The van der Waals surface area contributed by atoms with Crippen molar-refractivity contribution in [2.45, 2.75) is 49.5 Å². The van der Waals surface area contributed by atoms with E-state index in [4.69, 9.17) is 19.3 Å². The fraction of sp³-hybridized carbons (Fsp3) is 0.423. The van der Waals surface area contributed by atoms with Crippen molar-refractivity contribution in [3.63, 3.8) is 0 Å². The Bertz CT molecular complexity index is 1070. The second-order valence-corrected chi connectivity index (χ2v) is 9.06. The summed E-state index contributed by atoms with van der Waals surface area (Å²) in [6.45, 7) is 0.724. The summed E-state index contributed by atoms with van der Waals surface area (Å²) < 4.78 is 16.6. The van der Waals surface area contributed by atoms with Crippen LogP contribution in [0.5, 0.6) is 0 Å². The Kier molecular flexibility index (Phi) is 6.70. The molecule has 9 heteroatoms. The molecule has 5 rings (SSSR count). The fourth-order valence-electron chi connectivity index (χ4n) is 5.14. The molecule has 0 radical (unpaired) electrons. The molecule has 2 saturated heterocycles. The van der Waals surface area contributed by atoms with Gasteiger partial charge >= 0.3 is 12.1 Å². The predicted molar refractivity (Wildman–Crippen MR) is 125 cm³/mol. The van der Waals surface area contributed by atoms with Gasteiger partial charge in [-0.3, -0.25) is 4.79 Å². The number of carbonyl (C=O) groups is 3. The van der Waals surface area contributed by atoms with Crippen molar-refractivity contribution in [3.8, 4) is 11.1 Å². The summed E-state index contributed by atoms with van der Waals surface area (Å²) in [5.41, 5.74) is 4.56. The maximum absolute atomic E-state index is 12.7. The van der Waals surface area contributed by atoms with Crippen molar-refractivity contribution >= 4 is 18.0 Å². The number of hydrogen-bond donors (Lipinski definition) is 3. The molecule has 2 aromatic carbocycles. The topological polar surface area (TPSA) is 123 Å². The highest BCUT2D eigenvalue weighted by molar-refractivity contribution is 5.83. The van der Waals surface area contributed by atoms with Gasteiger partial charge in [0.2, 0.25) is 0 Å². The van der Waals surface area contributed by atoms with Crippen LogP contribution in [0.2, 0.25) is 0 Å². The molecule has 0 bridgehead atoms. The SMILES string of the molecule is O=C(N[C@@H]1CCO[C@@H]1C(=O)NCC1CCC(C(=O)O)O1)OCC1c2ccccc2-c2ccccc21. The van der Waals surface area contributed by atoms with E-state index in [0.717, 1.165) is 22.3 Å². The lowest BCUT2D eigenvalue weighted by atomic mass is 9.98. The minimum absolute atomic E-state index is 0.0480. The van der Waals surface area contributed by atoms with Crippen LogP contribution in [0.1, 0.15) is 36.3 Å². The molecule has 0 saturated carbocycles. The molecule has 2 aliphatic heterocycles. The quantitative estimate of drug-likeness (QED) is 0.556. The second-order valence-electron chi connectivity index (χ2n) is 9.06. The van der Waals surface area contributed by atoms with E-state index in [1.54, 1.807) is 0 Å². The van der Waals surface area contributed by atoms with Crippen LogP contribution in [0.3, 0.4) is 0 Å². The van der Waals surface area contributed by atoms with Crippen molar-refractivity contribution in [1.82, 2.24) is 10.6 Å². The Hall–Kier alpha value is -3.43. The molecule has 2 aromatic rings. The summed E-state index contributed by atoms with van der Waals surface area (Å²) in [5, 5.41) is 14.6. The first-order chi connectivity index (χ1) is 17.0. The first-order valence-electron chi connectivity index (χ1n) is 11.9. The van der Waals surface area contributed by atoms with Gasteiger partial charge in [0, 0.05) is 19.1 Å². The Balaban J connectivity index is 1.13. The van der Waals surface area contributed by atoms with Gasteiger partial charge in [-0.1, -0.05) is 48.5 Å². The zero-order valence-corrected chi connectivity index (χ0v) is 19.1. The molecule has 184 valence electrons. The van der Waals surface area contributed by atoms with Crippen molar-refractivity contribution < 1.29 is 33.7 Å². The Morgan fingerprint density at radius 3 is 2.31 bits per heavy atom. The number of rotatable bonds is 7. The zero-order valence-electron chi connectivity index (χ0n) is 19.1. The zero-order chi connectivity index (χ0) is 24.4. The van der Waals surface area contributed by atoms with Crippen LogP contribution in [-0.4, -0.2) is 67.2 Å². The Morgan fingerprint density at radius 2 is 1.66 bits per heavy atom. The molecule has 2 amide bonds. The molecule has 4 atom stereocenters. The molecule has 3 N–H and O–H groups in total. The van der Waals surface area contributed by atoms with E-state index < -0.39 is 30.3 Å². The maximum atomic E-state index is 12.7. The van der Waals surface area contributed by atoms with Gasteiger partial charge in [0.25, 0.3) is 5.91 Å². The maximum Gasteiger partial charge on any atom is 0.407 e. The molecule has 35 heavy (non-hydrogen) atoms. The van der Waals surface area contributed by atoms with Crippen molar-refractivity contribution in [2.75, 3.05) is 19.8 Å². The van der Waals surface area contributed by atoms with Crippen molar-refractivity contribution in [1.29, 1.82) is 0 Å². The monoisotopic (exact) mass is 480 g/mol. The molecule has 1 aliphatic carbocycles. The molecular weight excluding hydrogens is 452 g/mol. The minimum atomic E-state index is -0.995. The van der Waals surface area contributed by atoms with Crippen LogP contribution >= 0.6 is 0 Å². The van der Waals surface area contributed by atoms with Crippen LogP contribution in [0.15, 0.2) is 48.5 Å². The van der Waals surface area contributed by atoms with Crippen LogP contribution in [0, 0.1) is 0 Å². The van der Waals surface area contributed by atoms with E-state index in [9.17, 15) is 14.4 Å². The predicted octanol–water partition coefficient (Wildman–Crippen LogP) is 2.43. The average Bonchev–Trinajstić information content (AvgIpc) is 3.59. The lowest BCUT2D eigenvalue weighted by Crippen LogP contribution is -2.49. The van der Waals surface area contributed by atoms with Crippen LogP contribution in [-0.2, 0) is 23.8 Å². The molecular formula is C26H28N2O7. The van der Waals surface area contributed by atoms with Gasteiger partial charge in [-0.25, -0.2) is 9.59 Å². The summed E-state index contributed by atoms with van der Waals surface area (Å²) in [6, 6.07) is 15.7. The van der Waals surface area contributed by atoms with Crippen molar-refractivity contribution in [2.24, 2.45) is 0 Å². The van der Waals surface area contributed by atoms with Gasteiger partial charge in [0.1, 0.15) is 6.61 Å². The third kappa shape index (κ3) is 4.87.